The Morgan fingerprint density at radius 1 is 0.966 bits per heavy atom. The molecule has 0 atom stereocenters. The van der Waals surface area contributed by atoms with Gasteiger partial charge in [-0.3, -0.25) is 14.9 Å². The third-order valence-corrected chi connectivity index (χ3v) is 8.97. The molecule has 29 heavy (non-hydrogen) atoms. The van der Waals surface area contributed by atoms with Crippen LogP contribution in [0.1, 0.15) is 43.5 Å². The van der Waals surface area contributed by atoms with Crippen LogP contribution in [0.5, 0.6) is 0 Å². The molecule has 2 aromatic heterocycles. The zero-order chi connectivity index (χ0) is 20.0. The highest BCUT2D eigenvalue weighted by Crippen LogP contribution is 2.60. The van der Waals surface area contributed by atoms with Crippen LogP contribution in [0.25, 0.3) is 0 Å². The van der Waals surface area contributed by atoms with Gasteiger partial charge in [0.15, 0.2) is 4.34 Å². The first-order valence-electron chi connectivity index (χ1n) is 9.85. The maximum atomic E-state index is 13.1. The van der Waals surface area contributed by atoms with E-state index in [9.17, 15) is 9.59 Å². The summed E-state index contributed by atoms with van der Waals surface area (Å²) in [5.41, 5.74) is -0.201. The van der Waals surface area contributed by atoms with E-state index in [0.717, 1.165) is 42.0 Å². The van der Waals surface area contributed by atoms with Gasteiger partial charge in [0.05, 0.1) is 11.2 Å². The number of nitrogens with zero attached hydrogens (tertiary/aromatic N) is 4. The maximum absolute atomic E-state index is 13.1. The molecule has 4 bridgehead atoms. The Balaban J connectivity index is 1.15. The number of amides is 2. The summed E-state index contributed by atoms with van der Waals surface area (Å²) in [7, 11) is 0. The fourth-order valence-electron chi connectivity index (χ4n) is 5.57. The summed E-state index contributed by atoms with van der Waals surface area (Å²) >= 11 is 3.96. The zero-order valence-electron chi connectivity index (χ0n) is 16.0. The number of nitrogens with one attached hydrogen (secondary N) is 2. The van der Waals surface area contributed by atoms with Crippen LogP contribution >= 0.6 is 34.4 Å². The summed E-state index contributed by atoms with van der Waals surface area (Å²) < 4.78 is 0.661. The second-order valence-corrected chi connectivity index (χ2v) is 11.9. The van der Waals surface area contributed by atoms with Gasteiger partial charge in [0.25, 0.3) is 0 Å². The highest BCUT2D eigenvalue weighted by molar-refractivity contribution is 8.01. The topological polar surface area (TPSA) is 110 Å². The van der Waals surface area contributed by atoms with E-state index in [1.54, 1.807) is 0 Å². The maximum Gasteiger partial charge on any atom is 0.236 e. The molecule has 2 aromatic rings. The summed E-state index contributed by atoms with van der Waals surface area (Å²) in [6, 6.07) is 0. The molecule has 0 saturated heterocycles. The molecule has 0 aromatic carbocycles. The Morgan fingerprint density at radius 2 is 1.59 bits per heavy atom. The van der Waals surface area contributed by atoms with Gasteiger partial charge in [-0.05, 0) is 63.2 Å². The Morgan fingerprint density at radius 3 is 2.21 bits per heavy atom. The normalized spacial score (nSPS) is 29.8. The van der Waals surface area contributed by atoms with Crippen LogP contribution in [0.3, 0.4) is 0 Å². The van der Waals surface area contributed by atoms with Crippen LogP contribution in [0.15, 0.2) is 4.34 Å². The molecule has 8 nitrogen and oxygen atoms in total. The fraction of sp³-hybridized carbons (Fsp3) is 0.667. The Kier molecular flexibility index (Phi) is 5.07. The second-order valence-electron chi connectivity index (χ2n) is 8.49. The van der Waals surface area contributed by atoms with E-state index in [0.29, 0.717) is 14.6 Å². The van der Waals surface area contributed by atoms with Gasteiger partial charge in [0.1, 0.15) is 5.01 Å². The molecule has 2 amide bonds. The van der Waals surface area contributed by atoms with Gasteiger partial charge < -0.3 is 5.32 Å². The number of hydrogen-bond acceptors (Lipinski definition) is 9. The Hall–Kier alpha value is -1.59. The monoisotopic (exact) mass is 450 g/mol. The van der Waals surface area contributed by atoms with Gasteiger partial charge in [0.2, 0.25) is 22.1 Å². The summed E-state index contributed by atoms with van der Waals surface area (Å²) in [6.45, 7) is 1.84. The number of rotatable bonds is 6. The van der Waals surface area contributed by atoms with Crippen molar-refractivity contribution in [2.75, 3.05) is 16.4 Å². The first kappa shape index (κ1) is 19.4. The number of aromatic nitrogens is 4. The summed E-state index contributed by atoms with van der Waals surface area (Å²) in [4.78, 5) is 25.1. The van der Waals surface area contributed by atoms with E-state index in [-0.39, 0.29) is 23.0 Å². The van der Waals surface area contributed by atoms with Gasteiger partial charge in [-0.2, -0.15) is 0 Å². The smallest absolute Gasteiger partial charge is 0.236 e. The van der Waals surface area contributed by atoms with Crippen molar-refractivity contribution in [3.8, 4) is 0 Å². The van der Waals surface area contributed by atoms with Gasteiger partial charge >= 0.3 is 0 Å². The zero-order valence-corrected chi connectivity index (χ0v) is 18.5. The predicted molar refractivity (Wildman–Crippen MR) is 113 cm³/mol. The van der Waals surface area contributed by atoms with Gasteiger partial charge in [0, 0.05) is 0 Å². The lowest BCUT2D eigenvalue weighted by atomic mass is 9.49. The largest absolute Gasteiger partial charge is 0.300 e. The molecule has 154 valence electrons. The molecule has 0 aliphatic heterocycles. The van der Waals surface area contributed by atoms with Crippen LogP contribution in [0, 0.1) is 30.1 Å². The molecule has 4 fully saturated rings. The van der Waals surface area contributed by atoms with Gasteiger partial charge in [-0.1, -0.05) is 34.4 Å². The summed E-state index contributed by atoms with van der Waals surface area (Å²) in [5.74, 6) is 2.33. The predicted octanol–water partition coefficient (Wildman–Crippen LogP) is 3.58. The van der Waals surface area contributed by atoms with E-state index in [1.165, 1.54) is 53.7 Å². The molecule has 4 aliphatic carbocycles. The SMILES string of the molecule is Cc1nnc(NC(=O)CSc2nnc(NC(=O)C34CC5CC(CC(C5)C3)C4)s2)s1. The molecule has 11 heteroatoms. The highest BCUT2D eigenvalue weighted by Gasteiger charge is 2.54. The minimum Gasteiger partial charge on any atom is -0.300 e. The molecule has 4 saturated carbocycles. The molecule has 0 unspecified atom stereocenters. The lowest BCUT2D eigenvalue weighted by Crippen LogP contribution is -2.51. The fourth-order valence-corrected chi connectivity index (χ4v) is 7.72. The van der Waals surface area contributed by atoms with Crippen molar-refractivity contribution in [2.24, 2.45) is 23.2 Å². The minimum absolute atomic E-state index is 0.119. The lowest BCUT2D eigenvalue weighted by Gasteiger charge is -2.55. The third kappa shape index (κ3) is 4.04. The molecule has 0 radical (unpaired) electrons. The Labute approximate surface area is 180 Å². The number of aryl methyl sites for hydroxylation is 1. The van der Waals surface area contributed by atoms with Crippen molar-refractivity contribution in [3.05, 3.63) is 5.01 Å². The number of carbonyl (C=O) groups excluding carboxylic acids is 2. The molecule has 6 rings (SSSR count). The molecule has 4 aliphatic rings. The first-order chi connectivity index (χ1) is 14.0. The van der Waals surface area contributed by atoms with E-state index < -0.39 is 0 Å². The molecule has 2 heterocycles. The van der Waals surface area contributed by atoms with E-state index in [4.69, 9.17) is 0 Å². The van der Waals surface area contributed by atoms with Crippen molar-refractivity contribution in [1.82, 2.24) is 20.4 Å². The minimum atomic E-state index is -0.201. The average Bonchev–Trinajstić information content (AvgIpc) is 3.27. The number of anilines is 2. The molecular formula is C18H22N6O2S3. The van der Waals surface area contributed by atoms with Crippen molar-refractivity contribution in [1.29, 1.82) is 0 Å². The van der Waals surface area contributed by atoms with Crippen molar-refractivity contribution in [2.45, 2.75) is 49.8 Å². The van der Waals surface area contributed by atoms with Crippen molar-refractivity contribution >= 4 is 56.5 Å². The Bertz CT molecular complexity index is 906. The second kappa shape index (κ2) is 7.59. The van der Waals surface area contributed by atoms with Crippen LogP contribution in [0.2, 0.25) is 0 Å². The van der Waals surface area contributed by atoms with E-state index in [2.05, 4.69) is 31.0 Å². The van der Waals surface area contributed by atoms with E-state index in [1.807, 2.05) is 6.92 Å². The average molecular weight is 451 g/mol. The molecule has 2 N–H and O–H groups in total. The van der Waals surface area contributed by atoms with Crippen LogP contribution in [-0.2, 0) is 9.59 Å². The first-order valence-corrected chi connectivity index (χ1v) is 12.5. The highest BCUT2D eigenvalue weighted by atomic mass is 32.2. The number of thioether (sulfide) groups is 1. The summed E-state index contributed by atoms with van der Waals surface area (Å²) in [5, 5.41) is 23.5. The summed E-state index contributed by atoms with van der Waals surface area (Å²) in [6.07, 6.45) is 7.00. The number of hydrogen-bond donors (Lipinski definition) is 2. The molecule has 0 spiro atoms. The van der Waals surface area contributed by atoms with Crippen molar-refractivity contribution in [3.63, 3.8) is 0 Å². The third-order valence-electron chi connectivity index (χ3n) is 6.25. The van der Waals surface area contributed by atoms with Crippen LogP contribution in [-0.4, -0.2) is 38.0 Å². The molecular weight excluding hydrogens is 428 g/mol. The van der Waals surface area contributed by atoms with Crippen molar-refractivity contribution < 1.29 is 9.59 Å². The lowest BCUT2D eigenvalue weighted by molar-refractivity contribution is -0.140. The van der Waals surface area contributed by atoms with Crippen LogP contribution in [0.4, 0.5) is 10.3 Å². The van der Waals surface area contributed by atoms with Gasteiger partial charge in [-0.25, -0.2) is 0 Å². The standard InChI is InChI=1S/C18H22N6O2S3/c1-9-21-22-15(28-9)19-13(25)8-27-17-24-23-16(29-17)20-14(26)18-5-10-2-11(6-18)4-12(3-10)7-18/h10-12H,2-8H2,1H3,(H,19,22,25)(H,20,23,26). The van der Waals surface area contributed by atoms with Crippen LogP contribution < -0.4 is 10.6 Å². The number of carbonyl (C=O) groups is 2. The quantitative estimate of drug-likeness (QED) is 0.511. The van der Waals surface area contributed by atoms with Gasteiger partial charge in [-0.15, -0.1) is 20.4 Å². The van der Waals surface area contributed by atoms with E-state index >= 15 is 0 Å².